The van der Waals surface area contributed by atoms with Crippen LogP contribution in [0.5, 0.6) is 0 Å². The Kier molecular flexibility index (Phi) is 5.82. The first-order chi connectivity index (χ1) is 13.0. The fourth-order valence-corrected chi connectivity index (χ4v) is 4.12. The van der Waals surface area contributed by atoms with Crippen molar-refractivity contribution in [2.75, 3.05) is 18.0 Å². The van der Waals surface area contributed by atoms with Crippen LogP contribution in [0.3, 0.4) is 0 Å². The third-order valence-corrected chi connectivity index (χ3v) is 5.66. The summed E-state index contributed by atoms with van der Waals surface area (Å²) in [7, 11) is 0. The molecule has 27 heavy (non-hydrogen) atoms. The van der Waals surface area contributed by atoms with E-state index in [1.54, 1.807) is 21.9 Å². The summed E-state index contributed by atoms with van der Waals surface area (Å²) in [5, 5.41) is 2.94. The summed E-state index contributed by atoms with van der Waals surface area (Å²) in [5.74, 6) is -0.116. The predicted molar refractivity (Wildman–Crippen MR) is 104 cm³/mol. The van der Waals surface area contributed by atoms with Gasteiger partial charge < -0.3 is 10.2 Å². The van der Waals surface area contributed by atoms with E-state index in [9.17, 15) is 14.4 Å². The molecule has 1 aromatic rings. The zero-order valence-corrected chi connectivity index (χ0v) is 16.3. The van der Waals surface area contributed by atoms with Crippen LogP contribution in [0.2, 0.25) is 0 Å². The Morgan fingerprint density at radius 1 is 1.19 bits per heavy atom. The number of nitrogens with zero attached hydrogens (tertiary/aromatic N) is 2. The summed E-state index contributed by atoms with van der Waals surface area (Å²) in [6.45, 7) is 5.07. The molecule has 0 saturated carbocycles. The lowest BCUT2D eigenvalue weighted by Gasteiger charge is -2.48. The summed E-state index contributed by atoms with van der Waals surface area (Å²) in [6.07, 6.45) is 5.70. The van der Waals surface area contributed by atoms with E-state index in [4.69, 9.17) is 0 Å². The van der Waals surface area contributed by atoms with Gasteiger partial charge in [-0.1, -0.05) is 38.3 Å². The lowest BCUT2D eigenvalue weighted by molar-refractivity contribution is -0.121. The molecule has 0 spiro atoms. The molecule has 3 amide bonds. The maximum absolute atomic E-state index is 13.1. The van der Waals surface area contributed by atoms with Crippen molar-refractivity contribution in [3.8, 4) is 0 Å². The molecular weight excluding hydrogens is 342 g/mol. The number of amides is 3. The number of para-hydroxylation sites is 1. The maximum Gasteiger partial charge on any atom is 0.257 e. The average molecular weight is 371 g/mol. The zero-order valence-electron chi connectivity index (χ0n) is 16.3. The normalized spacial score (nSPS) is 21.3. The van der Waals surface area contributed by atoms with Gasteiger partial charge in [0.2, 0.25) is 11.8 Å². The standard InChI is InChI=1S/C21H29N3O3/c1-3-4-5-8-14-22-18(25)12-15-23-20(27)16-9-6-7-10-17(16)24-19(26)11-13-21(23,24)2/h6-7,9-10H,3-5,8,11-15H2,1-2H3,(H,22,25). The van der Waals surface area contributed by atoms with E-state index in [2.05, 4.69) is 12.2 Å². The smallest absolute Gasteiger partial charge is 0.257 e. The van der Waals surface area contributed by atoms with E-state index < -0.39 is 5.66 Å². The second-order valence-corrected chi connectivity index (χ2v) is 7.58. The lowest BCUT2D eigenvalue weighted by Crippen LogP contribution is -2.62. The Hall–Kier alpha value is -2.37. The van der Waals surface area contributed by atoms with E-state index >= 15 is 0 Å². The van der Waals surface area contributed by atoms with E-state index in [0.29, 0.717) is 37.2 Å². The van der Waals surface area contributed by atoms with Crippen molar-refractivity contribution in [2.45, 2.75) is 64.5 Å². The molecule has 2 heterocycles. The highest BCUT2D eigenvalue weighted by molar-refractivity contribution is 6.10. The zero-order chi connectivity index (χ0) is 19.4. The molecule has 146 valence electrons. The summed E-state index contributed by atoms with van der Waals surface area (Å²) < 4.78 is 0. The molecule has 0 radical (unpaired) electrons. The molecular formula is C21H29N3O3. The van der Waals surface area contributed by atoms with Gasteiger partial charge in [0, 0.05) is 25.9 Å². The Labute approximate surface area is 160 Å². The lowest BCUT2D eigenvalue weighted by atomic mass is 9.98. The number of unbranched alkanes of at least 4 members (excludes halogenated alkanes) is 3. The van der Waals surface area contributed by atoms with E-state index in [-0.39, 0.29) is 24.1 Å². The number of anilines is 1. The van der Waals surface area contributed by atoms with Gasteiger partial charge in [-0.15, -0.1) is 0 Å². The fraction of sp³-hybridized carbons (Fsp3) is 0.571. The summed E-state index contributed by atoms with van der Waals surface area (Å²) in [4.78, 5) is 41.2. The van der Waals surface area contributed by atoms with Gasteiger partial charge in [-0.05, 0) is 31.9 Å². The Bertz CT molecular complexity index is 733. The SMILES string of the molecule is CCCCCCNC(=O)CCN1C(=O)c2ccccc2N2C(=O)CCC12C. The molecule has 0 bridgehead atoms. The molecule has 3 rings (SSSR count). The first kappa shape index (κ1) is 19.4. The van der Waals surface area contributed by atoms with Crippen LogP contribution in [0.1, 0.15) is 69.2 Å². The van der Waals surface area contributed by atoms with Gasteiger partial charge in [-0.25, -0.2) is 0 Å². The number of fused-ring (bicyclic) bond motifs is 3. The average Bonchev–Trinajstić information content (AvgIpc) is 2.97. The highest BCUT2D eigenvalue weighted by atomic mass is 16.2. The molecule has 1 saturated heterocycles. The molecule has 1 fully saturated rings. The van der Waals surface area contributed by atoms with Crippen LogP contribution in [0.4, 0.5) is 5.69 Å². The molecule has 1 atom stereocenters. The molecule has 1 aromatic carbocycles. The van der Waals surface area contributed by atoms with Crippen molar-refractivity contribution < 1.29 is 14.4 Å². The van der Waals surface area contributed by atoms with Crippen LogP contribution in [0, 0.1) is 0 Å². The van der Waals surface area contributed by atoms with Gasteiger partial charge in [0.1, 0.15) is 5.66 Å². The minimum Gasteiger partial charge on any atom is -0.356 e. The number of nitrogens with one attached hydrogen (secondary N) is 1. The van der Waals surface area contributed by atoms with Crippen LogP contribution in [-0.4, -0.2) is 41.4 Å². The van der Waals surface area contributed by atoms with E-state index in [1.807, 2.05) is 19.1 Å². The van der Waals surface area contributed by atoms with Crippen molar-refractivity contribution in [1.82, 2.24) is 10.2 Å². The molecule has 2 aliphatic rings. The van der Waals surface area contributed by atoms with Crippen molar-refractivity contribution in [3.63, 3.8) is 0 Å². The van der Waals surface area contributed by atoms with E-state index in [0.717, 1.165) is 12.8 Å². The number of rotatable bonds is 8. The number of benzene rings is 1. The molecule has 0 aliphatic carbocycles. The van der Waals surface area contributed by atoms with Gasteiger partial charge in [0.25, 0.3) is 5.91 Å². The second-order valence-electron chi connectivity index (χ2n) is 7.58. The Morgan fingerprint density at radius 3 is 2.74 bits per heavy atom. The van der Waals surface area contributed by atoms with Crippen molar-refractivity contribution >= 4 is 23.4 Å². The van der Waals surface area contributed by atoms with Crippen LogP contribution < -0.4 is 10.2 Å². The number of hydrogen-bond donors (Lipinski definition) is 1. The fourth-order valence-electron chi connectivity index (χ4n) is 4.12. The van der Waals surface area contributed by atoms with E-state index in [1.165, 1.54) is 12.8 Å². The third kappa shape index (κ3) is 3.70. The largest absolute Gasteiger partial charge is 0.356 e. The van der Waals surface area contributed by atoms with Crippen LogP contribution in [0.15, 0.2) is 24.3 Å². The Morgan fingerprint density at radius 2 is 1.96 bits per heavy atom. The summed E-state index contributed by atoms with van der Waals surface area (Å²) in [6, 6.07) is 7.24. The molecule has 1 unspecified atom stereocenters. The quantitative estimate of drug-likeness (QED) is 0.714. The maximum atomic E-state index is 13.1. The van der Waals surface area contributed by atoms with Gasteiger partial charge in [0.05, 0.1) is 11.3 Å². The van der Waals surface area contributed by atoms with Crippen molar-refractivity contribution in [3.05, 3.63) is 29.8 Å². The topological polar surface area (TPSA) is 69.7 Å². The third-order valence-electron chi connectivity index (χ3n) is 5.66. The molecule has 2 aliphatic heterocycles. The highest BCUT2D eigenvalue weighted by Crippen LogP contribution is 2.43. The summed E-state index contributed by atoms with van der Waals surface area (Å²) in [5.41, 5.74) is 0.526. The van der Waals surface area contributed by atoms with Gasteiger partial charge in [0.15, 0.2) is 0 Å². The number of carbonyl (C=O) groups is 3. The number of carbonyl (C=O) groups excluding carboxylic acids is 3. The minimum absolute atomic E-state index is 0.0304. The van der Waals surface area contributed by atoms with Gasteiger partial charge in [-0.3, -0.25) is 19.3 Å². The predicted octanol–water partition coefficient (Wildman–Crippen LogP) is 3.07. The van der Waals surface area contributed by atoms with Gasteiger partial charge in [-0.2, -0.15) is 0 Å². The minimum atomic E-state index is -0.691. The van der Waals surface area contributed by atoms with Crippen molar-refractivity contribution in [2.24, 2.45) is 0 Å². The second kappa shape index (κ2) is 8.11. The first-order valence-electron chi connectivity index (χ1n) is 10.00. The molecule has 6 nitrogen and oxygen atoms in total. The summed E-state index contributed by atoms with van der Waals surface area (Å²) >= 11 is 0. The van der Waals surface area contributed by atoms with Crippen LogP contribution in [-0.2, 0) is 9.59 Å². The molecule has 0 aromatic heterocycles. The van der Waals surface area contributed by atoms with Crippen molar-refractivity contribution in [1.29, 1.82) is 0 Å². The molecule has 1 N–H and O–H groups in total. The van der Waals surface area contributed by atoms with Crippen LogP contribution in [0.25, 0.3) is 0 Å². The van der Waals surface area contributed by atoms with Crippen LogP contribution >= 0.6 is 0 Å². The highest BCUT2D eigenvalue weighted by Gasteiger charge is 2.52. The first-order valence-corrected chi connectivity index (χ1v) is 10.00. The van der Waals surface area contributed by atoms with Gasteiger partial charge >= 0.3 is 0 Å². The monoisotopic (exact) mass is 371 g/mol. The Balaban J connectivity index is 1.67. The number of hydrogen-bond acceptors (Lipinski definition) is 3. The molecule has 6 heteroatoms.